The monoisotopic (exact) mass is 298 g/mol. The number of aliphatic hydroxyl groups is 1. The fraction of sp³-hybridized carbons (Fsp3) is 0.0909. The van der Waals surface area contributed by atoms with E-state index in [0.29, 0.717) is 10.2 Å². The van der Waals surface area contributed by atoms with Crippen molar-refractivity contribution in [2.75, 3.05) is 0 Å². The topological polar surface area (TPSA) is 55.2 Å². The number of benzene rings is 1. The van der Waals surface area contributed by atoms with E-state index in [1.54, 1.807) is 12.1 Å². The highest BCUT2D eigenvalue weighted by atomic mass is 79.9. The van der Waals surface area contributed by atoms with E-state index in [-0.39, 0.29) is 18.4 Å². The molecule has 0 aliphatic heterocycles. The molecule has 1 heterocycles. The molecule has 2 rings (SSSR count). The maximum Gasteiger partial charge on any atom is 0.322 e. The number of aromatic nitrogens is 2. The maximum absolute atomic E-state index is 13.5. The first-order valence-electron chi connectivity index (χ1n) is 4.75. The molecule has 0 aliphatic rings. The summed E-state index contributed by atoms with van der Waals surface area (Å²) in [5, 5.41) is 8.89. The SMILES string of the molecule is OCc1ccnc(Oc2ccc(Br)cc2F)n1. The van der Waals surface area contributed by atoms with Gasteiger partial charge < -0.3 is 9.84 Å². The summed E-state index contributed by atoms with van der Waals surface area (Å²) in [6.45, 7) is -0.221. The third kappa shape index (κ3) is 2.98. The quantitative estimate of drug-likeness (QED) is 0.946. The van der Waals surface area contributed by atoms with E-state index >= 15 is 0 Å². The second kappa shape index (κ2) is 5.20. The molecule has 0 unspecified atom stereocenters. The van der Waals surface area contributed by atoms with Gasteiger partial charge in [-0.2, -0.15) is 4.98 Å². The number of rotatable bonds is 3. The molecule has 0 atom stereocenters. The highest BCUT2D eigenvalue weighted by molar-refractivity contribution is 9.10. The predicted octanol–water partition coefficient (Wildman–Crippen LogP) is 2.66. The van der Waals surface area contributed by atoms with Crippen molar-refractivity contribution in [2.45, 2.75) is 6.61 Å². The summed E-state index contributed by atoms with van der Waals surface area (Å²) in [7, 11) is 0. The molecule has 0 bridgehead atoms. The lowest BCUT2D eigenvalue weighted by molar-refractivity contribution is 0.274. The standard InChI is InChI=1S/C11H8BrFN2O2/c12-7-1-2-10(9(13)5-7)17-11-14-4-3-8(6-16)15-11/h1-5,16H,6H2. The Morgan fingerprint density at radius 3 is 2.88 bits per heavy atom. The molecule has 0 saturated carbocycles. The fourth-order valence-electron chi connectivity index (χ4n) is 1.17. The Bertz CT molecular complexity index is 537. The van der Waals surface area contributed by atoms with E-state index in [0.717, 1.165) is 0 Å². The average molecular weight is 299 g/mol. The van der Waals surface area contributed by atoms with Crippen molar-refractivity contribution in [2.24, 2.45) is 0 Å². The highest BCUT2D eigenvalue weighted by Gasteiger charge is 2.07. The van der Waals surface area contributed by atoms with Crippen LogP contribution in [0.3, 0.4) is 0 Å². The molecule has 0 aliphatic carbocycles. The Labute approximate surface area is 105 Å². The van der Waals surface area contributed by atoms with Crippen LogP contribution in [0.5, 0.6) is 11.8 Å². The van der Waals surface area contributed by atoms with Crippen LogP contribution in [0.15, 0.2) is 34.9 Å². The van der Waals surface area contributed by atoms with Gasteiger partial charge in [-0.15, -0.1) is 0 Å². The van der Waals surface area contributed by atoms with Gasteiger partial charge in [-0.25, -0.2) is 9.37 Å². The first kappa shape index (κ1) is 11.9. The number of ether oxygens (including phenoxy) is 1. The third-order valence-corrected chi connectivity index (χ3v) is 2.44. The van der Waals surface area contributed by atoms with Crippen LogP contribution in [0, 0.1) is 5.82 Å². The second-order valence-corrected chi connectivity index (χ2v) is 4.08. The van der Waals surface area contributed by atoms with E-state index in [9.17, 15) is 4.39 Å². The Morgan fingerprint density at radius 2 is 2.18 bits per heavy atom. The molecule has 0 amide bonds. The summed E-state index contributed by atoms with van der Waals surface area (Å²) in [5.41, 5.74) is 0.410. The summed E-state index contributed by atoms with van der Waals surface area (Å²) < 4.78 is 19.3. The molecule has 1 aromatic heterocycles. The maximum atomic E-state index is 13.5. The molecule has 6 heteroatoms. The zero-order valence-electron chi connectivity index (χ0n) is 8.60. The first-order chi connectivity index (χ1) is 8.19. The van der Waals surface area contributed by atoms with Gasteiger partial charge in [-0.3, -0.25) is 0 Å². The minimum absolute atomic E-state index is 0.00206. The zero-order valence-corrected chi connectivity index (χ0v) is 10.2. The Balaban J connectivity index is 2.25. The normalized spacial score (nSPS) is 10.3. The molecule has 2 aromatic rings. The van der Waals surface area contributed by atoms with Gasteiger partial charge >= 0.3 is 6.01 Å². The Hall–Kier alpha value is -1.53. The van der Waals surface area contributed by atoms with E-state index in [1.807, 2.05) is 0 Å². The van der Waals surface area contributed by atoms with Gasteiger partial charge in [-0.1, -0.05) is 15.9 Å². The Kier molecular flexibility index (Phi) is 3.65. The average Bonchev–Trinajstić information content (AvgIpc) is 2.33. The van der Waals surface area contributed by atoms with Crippen LogP contribution in [-0.2, 0) is 6.61 Å². The molecule has 1 N–H and O–H groups in total. The van der Waals surface area contributed by atoms with Crippen LogP contribution in [0.1, 0.15) is 5.69 Å². The van der Waals surface area contributed by atoms with Crippen molar-refractivity contribution in [1.82, 2.24) is 9.97 Å². The van der Waals surface area contributed by atoms with Crippen LogP contribution in [0.25, 0.3) is 0 Å². The molecule has 4 nitrogen and oxygen atoms in total. The highest BCUT2D eigenvalue weighted by Crippen LogP contribution is 2.24. The minimum Gasteiger partial charge on any atom is -0.421 e. The molecule has 0 saturated heterocycles. The molecule has 0 fully saturated rings. The van der Waals surface area contributed by atoms with Gasteiger partial charge in [0.2, 0.25) is 0 Å². The van der Waals surface area contributed by atoms with Crippen LogP contribution in [-0.4, -0.2) is 15.1 Å². The van der Waals surface area contributed by atoms with Crippen molar-refractivity contribution in [3.8, 4) is 11.8 Å². The van der Waals surface area contributed by atoms with Crippen molar-refractivity contribution < 1.29 is 14.2 Å². The molecule has 1 aromatic carbocycles. The number of aliphatic hydroxyl groups excluding tert-OH is 1. The molecule has 0 radical (unpaired) electrons. The summed E-state index contributed by atoms with van der Waals surface area (Å²) >= 11 is 3.14. The summed E-state index contributed by atoms with van der Waals surface area (Å²) in [6.07, 6.45) is 1.44. The number of hydrogen-bond acceptors (Lipinski definition) is 4. The van der Waals surface area contributed by atoms with Crippen molar-refractivity contribution in [3.63, 3.8) is 0 Å². The van der Waals surface area contributed by atoms with E-state index < -0.39 is 5.82 Å². The van der Waals surface area contributed by atoms with Crippen LogP contribution in [0.4, 0.5) is 4.39 Å². The van der Waals surface area contributed by atoms with Gasteiger partial charge in [0, 0.05) is 10.7 Å². The minimum atomic E-state index is -0.516. The van der Waals surface area contributed by atoms with Gasteiger partial charge in [0.15, 0.2) is 11.6 Å². The van der Waals surface area contributed by atoms with Crippen molar-refractivity contribution in [1.29, 1.82) is 0 Å². The molecule has 0 spiro atoms. The van der Waals surface area contributed by atoms with E-state index in [4.69, 9.17) is 9.84 Å². The third-order valence-electron chi connectivity index (χ3n) is 1.95. The van der Waals surface area contributed by atoms with E-state index in [2.05, 4.69) is 25.9 Å². The van der Waals surface area contributed by atoms with Crippen molar-refractivity contribution >= 4 is 15.9 Å². The molecular weight excluding hydrogens is 291 g/mol. The fourth-order valence-corrected chi connectivity index (χ4v) is 1.50. The zero-order chi connectivity index (χ0) is 12.3. The number of hydrogen-bond donors (Lipinski definition) is 1. The summed E-state index contributed by atoms with van der Waals surface area (Å²) in [5.74, 6) is -0.485. The van der Waals surface area contributed by atoms with Crippen LogP contribution < -0.4 is 4.74 Å². The van der Waals surface area contributed by atoms with Gasteiger partial charge in [-0.05, 0) is 24.3 Å². The van der Waals surface area contributed by atoms with Crippen LogP contribution in [0.2, 0.25) is 0 Å². The summed E-state index contributed by atoms with van der Waals surface area (Å²) in [4.78, 5) is 7.71. The molecule has 88 valence electrons. The molecule has 17 heavy (non-hydrogen) atoms. The van der Waals surface area contributed by atoms with Crippen LogP contribution >= 0.6 is 15.9 Å². The first-order valence-corrected chi connectivity index (χ1v) is 5.54. The van der Waals surface area contributed by atoms with Crippen molar-refractivity contribution in [3.05, 3.63) is 46.4 Å². The van der Waals surface area contributed by atoms with Gasteiger partial charge in [0.25, 0.3) is 0 Å². The van der Waals surface area contributed by atoms with Gasteiger partial charge in [0.05, 0.1) is 12.3 Å². The lowest BCUT2D eigenvalue weighted by Gasteiger charge is -2.05. The number of nitrogens with zero attached hydrogens (tertiary/aromatic N) is 2. The van der Waals surface area contributed by atoms with E-state index in [1.165, 1.54) is 18.3 Å². The van der Waals surface area contributed by atoms with Gasteiger partial charge in [0.1, 0.15) is 0 Å². The lowest BCUT2D eigenvalue weighted by atomic mass is 10.3. The lowest BCUT2D eigenvalue weighted by Crippen LogP contribution is -1.97. The predicted molar refractivity (Wildman–Crippen MR) is 62.1 cm³/mol. The smallest absolute Gasteiger partial charge is 0.322 e. The Morgan fingerprint density at radius 1 is 1.35 bits per heavy atom. The largest absolute Gasteiger partial charge is 0.421 e. The molecular formula is C11H8BrFN2O2. The summed E-state index contributed by atoms with van der Waals surface area (Å²) in [6, 6.07) is 5.94. The second-order valence-electron chi connectivity index (χ2n) is 3.17. The number of halogens is 2.